The number of benzene rings is 2. The number of fused-ring (bicyclic) bond motifs is 1. The number of rotatable bonds is 8. The van der Waals surface area contributed by atoms with Crippen LogP contribution < -0.4 is 9.47 Å². The fraction of sp³-hybridized carbons (Fsp3) is 0.333. The van der Waals surface area contributed by atoms with Crippen molar-refractivity contribution in [2.75, 3.05) is 20.8 Å². The first kappa shape index (κ1) is 23.2. The Morgan fingerprint density at radius 1 is 1.19 bits per heavy atom. The van der Waals surface area contributed by atoms with Crippen molar-refractivity contribution in [1.82, 2.24) is 4.90 Å². The van der Waals surface area contributed by atoms with Crippen LogP contribution in [-0.4, -0.2) is 44.2 Å². The Kier molecular flexibility index (Phi) is 7.81. The van der Waals surface area contributed by atoms with E-state index in [4.69, 9.17) is 9.47 Å². The Bertz CT molecular complexity index is 992. The number of methoxy groups -OCH3 is 1. The molecule has 1 amide bonds. The third kappa shape index (κ3) is 5.84. The molecule has 1 unspecified atom stereocenters. The summed E-state index contributed by atoms with van der Waals surface area (Å²) < 4.78 is 39.3. The van der Waals surface area contributed by atoms with Crippen LogP contribution in [0.4, 0.5) is 8.78 Å². The number of hydrogen-bond donors (Lipinski definition) is 0. The van der Waals surface area contributed by atoms with Gasteiger partial charge in [-0.05, 0) is 54.2 Å². The number of alkyl halides is 2. The highest BCUT2D eigenvalue weighted by Gasteiger charge is 2.26. The van der Waals surface area contributed by atoms with Gasteiger partial charge in [-0.25, -0.2) is 4.79 Å². The Balaban J connectivity index is 1.56. The van der Waals surface area contributed by atoms with Crippen molar-refractivity contribution >= 4 is 18.0 Å². The van der Waals surface area contributed by atoms with Crippen LogP contribution in [0.2, 0.25) is 0 Å². The van der Waals surface area contributed by atoms with E-state index in [-0.39, 0.29) is 30.1 Å². The Labute approximate surface area is 185 Å². The van der Waals surface area contributed by atoms with E-state index in [9.17, 15) is 18.4 Å². The maximum Gasteiger partial charge on any atom is 0.387 e. The first-order chi connectivity index (χ1) is 15.4. The second-order valence-electron chi connectivity index (χ2n) is 7.34. The standard InChI is InChI=1S/C24H25F2NO5/c1-27(19-9-5-7-17-6-3-4-8-18(17)19)22(28)15-31-23(29)13-11-16-10-12-20(32-24(25)26)21(14-16)30-2/h3-4,6,8,10-14,19,24H,5,7,9,15H2,1-2H3/b13-11+. The molecule has 1 aliphatic rings. The number of aryl methyl sites for hydroxylation is 1. The molecule has 0 saturated heterocycles. The van der Waals surface area contributed by atoms with Gasteiger partial charge in [0.25, 0.3) is 5.91 Å². The highest BCUT2D eigenvalue weighted by molar-refractivity contribution is 5.89. The zero-order chi connectivity index (χ0) is 23.1. The highest BCUT2D eigenvalue weighted by Crippen LogP contribution is 2.33. The van der Waals surface area contributed by atoms with Gasteiger partial charge in [0.05, 0.1) is 13.2 Å². The molecule has 32 heavy (non-hydrogen) atoms. The molecule has 1 atom stereocenters. The molecule has 170 valence electrons. The SMILES string of the molecule is COc1cc(/C=C/C(=O)OCC(=O)N(C)C2CCCc3ccccc32)ccc1OC(F)F. The van der Waals surface area contributed by atoms with Crippen molar-refractivity contribution in [2.24, 2.45) is 0 Å². The van der Waals surface area contributed by atoms with E-state index in [1.807, 2.05) is 18.2 Å². The highest BCUT2D eigenvalue weighted by atomic mass is 19.3. The van der Waals surface area contributed by atoms with Crippen LogP contribution >= 0.6 is 0 Å². The van der Waals surface area contributed by atoms with E-state index < -0.39 is 12.6 Å². The number of nitrogens with zero attached hydrogens (tertiary/aromatic N) is 1. The van der Waals surface area contributed by atoms with Crippen LogP contribution in [0.1, 0.15) is 35.6 Å². The molecule has 2 aromatic carbocycles. The third-order valence-corrected chi connectivity index (χ3v) is 5.35. The van der Waals surface area contributed by atoms with Gasteiger partial charge in [0.1, 0.15) is 0 Å². The largest absolute Gasteiger partial charge is 0.493 e. The second-order valence-corrected chi connectivity index (χ2v) is 7.34. The molecule has 0 heterocycles. The van der Waals surface area contributed by atoms with Gasteiger partial charge >= 0.3 is 12.6 Å². The van der Waals surface area contributed by atoms with E-state index in [0.29, 0.717) is 5.56 Å². The lowest BCUT2D eigenvalue weighted by Crippen LogP contribution is -2.36. The van der Waals surface area contributed by atoms with Gasteiger partial charge in [0.15, 0.2) is 18.1 Å². The van der Waals surface area contributed by atoms with Crippen molar-refractivity contribution in [3.8, 4) is 11.5 Å². The molecular formula is C24H25F2NO5. The van der Waals surface area contributed by atoms with Crippen LogP contribution in [-0.2, 0) is 20.7 Å². The fourth-order valence-electron chi connectivity index (χ4n) is 3.73. The third-order valence-electron chi connectivity index (χ3n) is 5.35. The maximum absolute atomic E-state index is 12.6. The molecular weight excluding hydrogens is 420 g/mol. The van der Waals surface area contributed by atoms with Gasteiger partial charge in [-0.3, -0.25) is 4.79 Å². The van der Waals surface area contributed by atoms with Crippen LogP contribution in [0, 0.1) is 0 Å². The average Bonchev–Trinajstić information content (AvgIpc) is 2.80. The molecule has 0 aliphatic heterocycles. The van der Waals surface area contributed by atoms with E-state index >= 15 is 0 Å². The summed E-state index contributed by atoms with van der Waals surface area (Å²) in [6.07, 6.45) is 5.44. The summed E-state index contributed by atoms with van der Waals surface area (Å²) in [6, 6.07) is 12.3. The molecule has 6 nitrogen and oxygen atoms in total. The number of halogens is 2. The molecule has 0 radical (unpaired) electrons. The minimum atomic E-state index is -2.97. The quantitative estimate of drug-likeness (QED) is 0.446. The molecule has 0 aromatic heterocycles. The van der Waals surface area contributed by atoms with E-state index in [0.717, 1.165) is 30.9 Å². The summed E-state index contributed by atoms with van der Waals surface area (Å²) in [5.41, 5.74) is 2.89. The van der Waals surface area contributed by atoms with E-state index in [2.05, 4.69) is 10.8 Å². The number of ether oxygens (including phenoxy) is 3. The number of hydrogen-bond acceptors (Lipinski definition) is 5. The van der Waals surface area contributed by atoms with Gasteiger partial charge in [0, 0.05) is 13.1 Å². The Morgan fingerprint density at radius 3 is 2.72 bits per heavy atom. The summed E-state index contributed by atoms with van der Waals surface area (Å²) in [7, 11) is 3.04. The molecule has 1 aliphatic carbocycles. The normalized spacial score (nSPS) is 15.3. The van der Waals surface area contributed by atoms with Gasteiger partial charge in [-0.15, -0.1) is 0 Å². The predicted molar refractivity (Wildman–Crippen MR) is 115 cm³/mol. The van der Waals surface area contributed by atoms with Gasteiger partial charge in [-0.1, -0.05) is 30.3 Å². The minimum absolute atomic E-state index is 0.0388. The number of amides is 1. The lowest BCUT2D eigenvalue weighted by Gasteiger charge is -2.33. The first-order valence-corrected chi connectivity index (χ1v) is 10.2. The van der Waals surface area contributed by atoms with Crippen LogP contribution in [0.25, 0.3) is 6.08 Å². The minimum Gasteiger partial charge on any atom is -0.493 e. The van der Waals surface area contributed by atoms with Crippen molar-refractivity contribution < 1.29 is 32.6 Å². The topological polar surface area (TPSA) is 65.1 Å². The monoisotopic (exact) mass is 445 g/mol. The second kappa shape index (κ2) is 10.7. The maximum atomic E-state index is 12.6. The molecule has 0 N–H and O–H groups in total. The van der Waals surface area contributed by atoms with E-state index in [1.165, 1.54) is 36.9 Å². The summed E-state index contributed by atoms with van der Waals surface area (Å²) >= 11 is 0. The van der Waals surface area contributed by atoms with Crippen molar-refractivity contribution in [3.05, 3.63) is 65.2 Å². The average molecular weight is 445 g/mol. The molecule has 0 spiro atoms. The lowest BCUT2D eigenvalue weighted by molar-refractivity contribution is -0.148. The van der Waals surface area contributed by atoms with Crippen LogP contribution in [0.15, 0.2) is 48.5 Å². The number of esters is 1. The molecule has 0 saturated carbocycles. The molecule has 2 aromatic rings. The summed E-state index contributed by atoms with van der Waals surface area (Å²) in [4.78, 5) is 26.2. The molecule has 3 rings (SSSR count). The number of carbonyl (C=O) groups excluding carboxylic acids is 2. The van der Waals surface area contributed by atoms with Gasteiger partial charge < -0.3 is 19.1 Å². The summed E-state index contributed by atoms with van der Waals surface area (Å²) in [5.74, 6) is -0.989. The Hall–Kier alpha value is -3.42. The number of carbonyl (C=O) groups is 2. The van der Waals surface area contributed by atoms with Gasteiger partial charge in [0.2, 0.25) is 0 Å². The fourth-order valence-corrected chi connectivity index (χ4v) is 3.73. The molecule has 8 heteroatoms. The van der Waals surface area contributed by atoms with Gasteiger partial charge in [-0.2, -0.15) is 8.78 Å². The lowest BCUT2D eigenvalue weighted by atomic mass is 9.87. The number of likely N-dealkylation sites (N-methyl/N-ethyl adjacent to an activating group) is 1. The summed E-state index contributed by atoms with van der Waals surface area (Å²) in [6.45, 7) is -3.35. The van der Waals surface area contributed by atoms with Crippen LogP contribution in [0.5, 0.6) is 11.5 Å². The van der Waals surface area contributed by atoms with Crippen molar-refractivity contribution in [1.29, 1.82) is 0 Å². The molecule has 0 fully saturated rings. The predicted octanol–water partition coefficient (Wildman–Crippen LogP) is 4.39. The zero-order valence-electron chi connectivity index (χ0n) is 17.9. The Morgan fingerprint density at radius 2 is 1.97 bits per heavy atom. The summed E-state index contributed by atoms with van der Waals surface area (Å²) in [5, 5.41) is 0. The van der Waals surface area contributed by atoms with Crippen molar-refractivity contribution in [3.63, 3.8) is 0 Å². The zero-order valence-corrected chi connectivity index (χ0v) is 17.9. The molecule has 0 bridgehead atoms. The first-order valence-electron chi connectivity index (χ1n) is 10.2. The smallest absolute Gasteiger partial charge is 0.387 e. The van der Waals surface area contributed by atoms with E-state index in [1.54, 1.807) is 11.9 Å². The van der Waals surface area contributed by atoms with Crippen LogP contribution in [0.3, 0.4) is 0 Å². The van der Waals surface area contributed by atoms with Crippen molar-refractivity contribution in [2.45, 2.75) is 31.9 Å².